The Labute approximate surface area is 311 Å². The van der Waals surface area contributed by atoms with Crippen LogP contribution in [0.4, 0.5) is 9.18 Å². The number of aromatic nitrogens is 2. The summed E-state index contributed by atoms with van der Waals surface area (Å²) in [5.74, 6) is -2.39. The number of sulfonamides is 1. The van der Waals surface area contributed by atoms with Crippen LogP contribution in [0.5, 0.6) is 5.88 Å². The van der Waals surface area contributed by atoms with Crippen molar-refractivity contribution in [1.29, 1.82) is 0 Å². The number of rotatable bonds is 6. The van der Waals surface area contributed by atoms with Crippen molar-refractivity contribution in [2.45, 2.75) is 121 Å². The molecule has 2 saturated carbocycles. The number of carbonyl (C=O) groups is 4. The molecule has 16 heteroatoms. The maximum atomic E-state index is 14.4. The highest BCUT2D eigenvalue weighted by Crippen LogP contribution is 2.57. The van der Waals surface area contributed by atoms with Crippen LogP contribution in [-0.4, -0.2) is 82.6 Å². The Morgan fingerprint density at radius 1 is 1.10 bits per heavy atom. The van der Waals surface area contributed by atoms with Gasteiger partial charge in [0.05, 0.1) is 28.8 Å². The third kappa shape index (κ3) is 8.58. The standard InChI is InChI=1S/C36H45BrFN5O8S/c1-20-31(40-27-15-22(38)14-25(37)30(27)39-20)50-23-16-28-29(44)18-36(33(46)42-52(48,49)24-12-13-24)17-21(36)10-8-6-5-7-9-11-26(32(45)43(28)19-23)41-34(47)51-35(2,3)4/h8,10,14-15,21,23-24,26,28H,5-7,9,11-13,16-19H2,1-4H3,(H,41,47)(H,42,46)/b10-8-/t21-,23-,26+,28+,36-/m1/s1. The van der Waals surface area contributed by atoms with Gasteiger partial charge in [-0.25, -0.2) is 27.6 Å². The van der Waals surface area contributed by atoms with Crippen LogP contribution in [0.3, 0.4) is 0 Å². The topological polar surface area (TPSA) is 174 Å². The SMILES string of the molecule is Cc1nc2c(Br)cc(F)cc2nc1O[C@@H]1C[C@H]2C(=O)C[C@]3(C(=O)NS(=O)(=O)C4CC4)C[C@H]3/C=C\CCCCC[C@H](NC(=O)OC(C)(C)C)C(=O)N2C1. The van der Waals surface area contributed by atoms with Gasteiger partial charge in [-0.2, -0.15) is 0 Å². The molecule has 3 heterocycles. The third-order valence-corrected chi connectivity index (χ3v) is 12.4. The van der Waals surface area contributed by atoms with Gasteiger partial charge >= 0.3 is 6.09 Å². The van der Waals surface area contributed by atoms with Gasteiger partial charge in [0.15, 0.2) is 5.78 Å². The molecule has 3 fully saturated rings. The van der Waals surface area contributed by atoms with Crippen LogP contribution in [0.1, 0.15) is 90.7 Å². The summed E-state index contributed by atoms with van der Waals surface area (Å²) < 4.78 is 54.3. The fourth-order valence-corrected chi connectivity index (χ4v) is 8.96. The number of allylic oxidation sites excluding steroid dienone is 2. The monoisotopic (exact) mass is 805 g/mol. The summed E-state index contributed by atoms with van der Waals surface area (Å²) in [6.45, 7) is 6.78. The Morgan fingerprint density at radius 2 is 1.85 bits per heavy atom. The van der Waals surface area contributed by atoms with Gasteiger partial charge in [0.2, 0.25) is 27.7 Å². The summed E-state index contributed by atoms with van der Waals surface area (Å²) in [5.41, 5.74) is -1.01. The van der Waals surface area contributed by atoms with Crippen LogP contribution >= 0.6 is 15.9 Å². The molecule has 0 unspecified atom stereocenters. The lowest BCUT2D eigenvalue weighted by Crippen LogP contribution is -2.53. The van der Waals surface area contributed by atoms with E-state index in [0.29, 0.717) is 54.2 Å². The van der Waals surface area contributed by atoms with Crippen molar-refractivity contribution in [1.82, 2.24) is 24.9 Å². The molecule has 5 atom stereocenters. The Balaban J connectivity index is 1.31. The summed E-state index contributed by atoms with van der Waals surface area (Å²) in [6.07, 6.45) is 6.49. The van der Waals surface area contributed by atoms with E-state index in [4.69, 9.17) is 9.47 Å². The first-order valence-corrected chi connectivity index (χ1v) is 20.2. The van der Waals surface area contributed by atoms with Crippen LogP contribution in [-0.2, 0) is 29.1 Å². The van der Waals surface area contributed by atoms with Gasteiger partial charge in [0.25, 0.3) is 0 Å². The minimum atomic E-state index is -3.87. The molecule has 1 saturated heterocycles. The molecule has 3 amide bonds. The number of hydrogen-bond acceptors (Lipinski definition) is 10. The molecule has 2 N–H and O–H groups in total. The number of ketones is 1. The van der Waals surface area contributed by atoms with E-state index in [1.165, 1.54) is 17.0 Å². The molecule has 0 bridgehead atoms. The minimum absolute atomic E-state index is 0.0360. The Morgan fingerprint density at radius 3 is 2.56 bits per heavy atom. The van der Waals surface area contributed by atoms with E-state index >= 15 is 0 Å². The van der Waals surface area contributed by atoms with Gasteiger partial charge in [-0.15, -0.1) is 0 Å². The second kappa shape index (κ2) is 14.6. The Hall–Kier alpha value is -3.66. The molecular weight excluding hydrogens is 761 g/mol. The van der Waals surface area contributed by atoms with E-state index in [-0.39, 0.29) is 36.7 Å². The average molecular weight is 807 g/mol. The predicted molar refractivity (Wildman–Crippen MR) is 192 cm³/mol. The van der Waals surface area contributed by atoms with Gasteiger partial charge in [-0.3, -0.25) is 19.1 Å². The summed E-state index contributed by atoms with van der Waals surface area (Å²) in [6, 6.07) is 0.446. The first-order chi connectivity index (χ1) is 24.5. The van der Waals surface area contributed by atoms with Crippen LogP contribution in [0.25, 0.3) is 11.0 Å². The molecule has 2 aromatic rings. The molecule has 2 aliphatic heterocycles. The van der Waals surface area contributed by atoms with Crippen molar-refractivity contribution in [3.8, 4) is 5.88 Å². The molecule has 13 nitrogen and oxygen atoms in total. The number of hydrogen-bond donors (Lipinski definition) is 2. The quantitative estimate of drug-likeness (QED) is 0.371. The zero-order valence-corrected chi connectivity index (χ0v) is 32.1. The first kappa shape index (κ1) is 38.1. The van der Waals surface area contributed by atoms with Gasteiger partial charge in [-0.1, -0.05) is 25.0 Å². The number of amides is 3. The van der Waals surface area contributed by atoms with Crippen LogP contribution in [0, 0.1) is 24.1 Å². The van der Waals surface area contributed by atoms with Gasteiger partial charge in [0.1, 0.15) is 34.8 Å². The number of ether oxygens (including phenoxy) is 2. The van der Waals surface area contributed by atoms with Crippen molar-refractivity contribution >= 4 is 60.7 Å². The van der Waals surface area contributed by atoms with Gasteiger partial charge in [-0.05, 0) is 94.1 Å². The zero-order valence-electron chi connectivity index (χ0n) is 29.7. The number of fused-ring (bicyclic) bond motifs is 3. The number of nitrogens with one attached hydrogen (secondary N) is 2. The van der Waals surface area contributed by atoms with Crippen molar-refractivity contribution in [2.24, 2.45) is 11.3 Å². The molecule has 282 valence electrons. The Bertz CT molecular complexity index is 1920. The third-order valence-electron chi connectivity index (χ3n) is 10.0. The molecule has 1 aromatic carbocycles. The van der Waals surface area contributed by atoms with Gasteiger partial charge < -0.3 is 19.7 Å². The fourth-order valence-electron chi connectivity index (χ4n) is 7.06. The molecule has 0 spiro atoms. The lowest BCUT2D eigenvalue weighted by molar-refractivity contribution is -0.140. The van der Waals surface area contributed by atoms with Crippen molar-refractivity contribution in [3.05, 3.63) is 40.3 Å². The summed E-state index contributed by atoms with van der Waals surface area (Å²) in [5, 5.41) is 2.11. The molecule has 2 aliphatic carbocycles. The normalized spacial score (nSPS) is 27.8. The first-order valence-electron chi connectivity index (χ1n) is 17.8. The average Bonchev–Trinajstić information content (AvgIpc) is 3.96. The molecule has 52 heavy (non-hydrogen) atoms. The highest BCUT2D eigenvalue weighted by Gasteiger charge is 2.61. The number of halogens is 2. The molecule has 0 radical (unpaired) electrons. The number of nitrogens with zero attached hydrogens (tertiary/aromatic N) is 3. The number of Topliss-reactive ketones (excluding diaryl/α,β-unsaturated/α-hetero) is 1. The highest BCUT2D eigenvalue weighted by atomic mass is 79.9. The smallest absolute Gasteiger partial charge is 0.408 e. The van der Waals surface area contributed by atoms with E-state index in [1.54, 1.807) is 27.7 Å². The number of alkyl carbamates (subject to hydrolysis) is 1. The summed E-state index contributed by atoms with van der Waals surface area (Å²) in [4.78, 5) is 65.8. The van der Waals surface area contributed by atoms with Crippen LogP contribution in [0.2, 0.25) is 0 Å². The molecular formula is C36H45BrFN5O8S. The van der Waals surface area contributed by atoms with E-state index < -0.39 is 74.0 Å². The van der Waals surface area contributed by atoms with E-state index in [0.717, 1.165) is 12.8 Å². The van der Waals surface area contributed by atoms with Crippen molar-refractivity contribution in [2.75, 3.05) is 6.54 Å². The zero-order chi connectivity index (χ0) is 37.6. The minimum Gasteiger partial charge on any atom is -0.471 e. The molecule has 1 aromatic heterocycles. The molecule has 4 aliphatic rings. The van der Waals surface area contributed by atoms with Crippen LogP contribution < -0.4 is 14.8 Å². The van der Waals surface area contributed by atoms with E-state index in [9.17, 15) is 32.0 Å². The number of aryl methyl sites for hydroxylation is 1. The largest absolute Gasteiger partial charge is 0.471 e. The lowest BCUT2D eigenvalue weighted by Gasteiger charge is -2.30. The highest BCUT2D eigenvalue weighted by molar-refractivity contribution is 9.10. The van der Waals surface area contributed by atoms with Crippen LogP contribution in [0.15, 0.2) is 28.8 Å². The van der Waals surface area contributed by atoms with Gasteiger partial charge in [0, 0.05) is 23.4 Å². The number of benzene rings is 1. The number of carbonyl (C=O) groups excluding carboxylic acids is 4. The lowest BCUT2D eigenvalue weighted by atomic mass is 9.91. The summed E-state index contributed by atoms with van der Waals surface area (Å²) >= 11 is 3.32. The van der Waals surface area contributed by atoms with E-state index in [1.807, 2.05) is 12.2 Å². The predicted octanol–water partition coefficient (Wildman–Crippen LogP) is 5.18. The fraction of sp³-hybridized carbons (Fsp3) is 0.611. The second-order valence-electron chi connectivity index (χ2n) is 15.4. The second-order valence-corrected chi connectivity index (χ2v) is 18.2. The maximum Gasteiger partial charge on any atom is 0.408 e. The maximum absolute atomic E-state index is 14.4. The van der Waals surface area contributed by atoms with E-state index in [2.05, 4.69) is 35.9 Å². The van der Waals surface area contributed by atoms with Crippen molar-refractivity contribution in [3.63, 3.8) is 0 Å². The summed E-state index contributed by atoms with van der Waals surface area (Å²) in [7, 11) is -3.87. The Kier molecular flexibility index (Phi) is 10.7. The molecule has 6 rings (SSSR count). The van der Waals surface area contributed by atoms with Crippen molar-refractivity contribution < 1.29 is 41.5 Å².